The molecule has 0 radical (unpaired) electrons. The zero-order valence-corrected chi connectivity index (χ0v) is 15.3. The molecule has 3 N–H and O–H groups in total. The predicted octanol–water partition coefficient (Wildman–Crippen LogP) is 4.55. The minimum absolute atomic E-state index is 0.165. The molecule has 0 atom stereocenters. The molecule has 1 aliphatic rings. The number of rotatable bonds is 3. The first kappa shape index (κ1) is 16.6. The molecule has 5 nitrogen and oxygen atoms in total. The molecule has 0 saturated heterocycles. The number of nitrogens with one attached hydrogen (secondary N) is 1. The van der Waals surface area contributed by atoms with E-state index in [1.807, 2.05) is 41.8 Å². The van der Waals surface area contributed by atoms with Crippen molar-refractivity contribution in [3.05, 3.63) is 57.9 Å². The van der Waals surface area contributed by atoms with Crippen molar-refractivity contribution in [3.63, 3.8) is 0 Å². The van der Waals surface area contributed by atoms with Crippen LogP contribution in [-0.2, 0) is 4.79 Å². The molecule has 0 aliphatic carbocycles. The zero-order valence-electron chi connectivity index (χ0n) is 13.7. The van der Waals surface area contributed by atoms with Gasteiger partial charge in [0.2, 0.25) is 0 Å². The van der Waals surface area contributed by atoms with E-state index >= 15 is 0 Å². The van der Waals surface area contributed by atoms with Crippen molar-refractivity contribution in [1.82, 2.24) is 4.98 Å². The fourth-order valence-corrected chi connectivity index (χ4v) is 3.65. The lowest BCUT2D eigenvalue weighted by molar-refractivity contribution is -0.110. The van der Waals surface area contributed by atoms with Crippen LogP contribution >= 0.6 is 22.9 Å². The number of nitrogens with two attached hydrogens (primary N) is 1. The van der Waals surface area contributed by atoms with E-state index in [4.69, 9.17) is 22.1 Å². The first-order chi connectivity index (χ1) is 12.5. The van der Waals surface area contributed by atoms with Crippen LogP contribution in [0.3, 0.4) is 0 Å². The minimum atomic E-state index is -0.165. The molecule has 0 saturated carbocycles. The maximum atomic E-state index is 12.4. The summed E-state index contributed by atoms with van der Waals surface area (Å²) in [6.07, 6.45) is 1.84. The van der Waals surface area contributed by atoms with Gasteiger partial charge in [-0.15, -0.1) is 11.3 Å². The van der Waals surface area contributed by atoms with Gasteiger partial charge in [-0.1, -0.05) is 23.7 Å². The van der Waals surface area contributed by atoms with Gasteiger partial charge in [-0.2, -0.15) is 0 Å². The maximum absolute atomic E-state index is 12.4. The lowest BCUT2D eigenvalue weighted by atomic mass is 10.0. The number of anilines is 2. The average Bonchev–Trinajstić information content (AvgIpc) is 3.18. The van der Waals surface area contributed by atoms with E-state index in [0.29, 0.717) is 27.1 Å². The Morgan fingerprint density at radius 3 is 2.65 bits per heavy atom. The van der Waals surface area contributed by atoms with Gasteiger partial charge >= 0.3 is 0 Å². The Kier molecular flexibility index (Phi) is 4.14. The summed E-state index contributed by atoms with van der Waals surface area (Å²) < 4.78 is 5.17. The second-order valence-corrected chi connectivity index (χ2v) is 7.03. The monoisotopic (exact) mass is 383 g/mol. The van der Waals surface area contributed by atoms with Crippen LogP contribution in [0.4, 0.5) is 10.8 Å². The Balaban J connectivity index is 1.80. The highest BCUT2D eigenvalue weighted by atomic mass is 35.5. The summed E-state index contributed by atoms with van der Waals surface area (Å²) in [5.74, 6) is 0.598. The van der Waals surface area contributed by atoms with E-state index in [1.54, 1.807) is 13.2 Å². The molecule has 2 heterocycles. The van der Waals surface area contributed by atoms with E-state index in [2.05, 4.69) is 10.3 Å². The molecule has 130 valence electrons. The van der Waals surface area contributed by atoms with E-state index in [9.17, 15) is 4.79 Å². The Bertz CT molecular complexity index is 1040. The van der Waals surface area contributed by atoms with Gasteiger partial charge in [-0.25, -0.2) is 4.98 Å². The van der Waals surface area contributed by atoms with Crippen molar-refractivity contribution >= 4 is 51.3 Å². The third kappa shape index (κ3) is 2.94. The molecule has 2 aromatic carbocycles. The fraction of sp³-hybridized carbons (Fsp3) is 0.0526. The van der Waals surface area contributed by atoms with E-state index < -0.39 is 0 Å². The van der Waals surface area contributed by atoms with Crippen molar-refractivity contribution in [1.29, 1.82) is 0 Å². The van der Waals surface area contributed by atoms with Crippen molar-refractivity contribution in [2.24, 2.45) is 0 Å². The maximum Gasteiger partial charge on any atom is 0.256 e. The van der Waals surface area contributed by atoms with Gasteiger partial charge < -0.3 is 15.8 Å². The number of thiazole rings is 1. The van der Waals surface area contributed by atoms with Gasteiger partial charge in [0.15, 0.2) is 5.13 Å². The summed E-state index contributed by atoms with van der Waals surface area (Å²) in [5, 5.41) is 5.69. The number of benzene rings is 2. The van der Waals surface area contributed by atoms with Crippen LogP contribution < -0.4 is 15.8 Å². The molecular formula is C19H14ClN3O2S. The molecule has 1 amide bonds. The molecule has 4 rings (SSSR count). The van der Waals surface area contributed by atoms with Crippen LogP contribution in [0.2, 0.25) is 5.02 Å². The lowest BCUT2D eigenvalue weighted by Crippen LogP contribution is -2.03. The molecule has 0 bridgehead atoms. The third-order valence-electron chi connectivity index (χ3n) is 4.11. The highest BCUT2D eigenvalue weighted by Gasteiger charge is 2.26. The van der Waals surface area contributed by atoms with Crippen LogP contribution in [0.25, 0.3) is 22.9 Å². The second-order valence-electron chi connectivity index (χ2n) is 5.73. The fourth-order valence-electron chi connectivity index (χ4n) is 2.83. The summed E-state index contributed by atoms with van der Waals surface area (Å²) >= 11 is 7.73. The number of fused-ring (bicyclic) bond motifs is 1. The highest BCUT2D eigenvalue weighted by molar-refractivity contribution is 7.13. The number of hydrogen-bond donors (Lipinski definition) is 2. The van der Waals surface area contributed by atoms with Crippen LogP contribution in [0.1, 0.15) is 11.1 Å². The normalized spacial score (nSPS) is 14.4. The standard InChI is InChI=1S/C19H14ClN3O2S/c1-25-11-4-2-10(3-5-11)6-13-12-7-14(17-9-26-19(21)23-17)15(20)8-16(12)22-18(13)24/h2-9H,1H3,(H2,21,23)(H,22,24)/b13-6+. The van der Waals surface area contributed by atoms with Crippen LogP contribution in [0, 0.1) is 0 Å². The van der Waals surface area contributed by atoms with Crippen molar-refractivity contribution in [2.75, 3.05) is 18.2 Å². The van der Waals surface area contributed by atoms with Gasteiger partial charge in [0.1, 0.15) is 5.75 Å². The number of aromatic nitrogens is 1. The van der Waals surface area contributed by atoms with E-state index in [1.165, 1.54) is 11.3 Å². The molecular weight excluding hydrogens is 370 g/mol. The van der Waals surface area contributed by atoms with Crippen molar-refractivity contribution < 1.29 is 9.53 Å². The molecule has 26 heavy (non-hydrogen) atoms. The molecule has 3 aromatic rings. The SMILES string of the molecule is COc1ccc(/C=C2/C(=O)Nc3cc(Cl)c(-c4csc(N)n4)cc32)cc1. The number of methoxy groups -OCH3 is 1. The van der Waals surface area contributed by atoms with Crippen LogP contribution in [0.15, 0.2) is 41.8 Å². The van der Waals surface area contributed by atoms with E-state index in [0.717, 1.165) is 22.4 Å². The first-order valence-corrected chi connectivity index (χ1v) is 9.03. The van der Waals surface area contributed by atoms with Gasteiger partial charge in [0, 0.05) is 22.1 Å². The van der Waals surface area contributed by atoms with Gasteiger partial charge in [0.25, 0.3) is 5.91 Å². The van der Waals surface area contributed by atoms with Gasteiger partial charge in [-0.05, 0) is 35.9 Å². The number of ether oxygens (including phenoxy) is 1. The number of nitrogen functional groups attached to an aromatic ring is 1. The first-order valence-electron chi connectivity index (χ1n) is 7.77. The molecule has 0 unspecified atom stereocenters. The highest BCUT2D eigenvalue weighted by Crippen LogP contribution is 2.40. The Labute approximate surface area is 159 Å². The summed E-state index contributed by atoms with van der Waals surface area (Å²) in [7, 11) is 1.62. The topological polar surface area (TPSA) is 77.2 Å². The predicted molar refractivity (Wildman–Crippen MR) is 106 cm³/mol. The third-order valence-corrected chi connectivity index (χ3v) is 5.10. The Morgan fingerprint density at radius 1 is 1.23 bits per heavy atom. The van der Waals surface area contributed by atoms with Crippen LogP contribution in [0.5, 0.6) is 5.75 Å². The average molecular weight is 384 g/mol. The number of halogens is 1. The largest absolute Gasteiger partial charge is 0.497 e. The molecule has 7 heteroatoms. The van der Waals surface area contributed by atoms with Gasteiger partial charge in [0.05, 0.1) is 23.5 Å². The molecule has 1 aliphatic heterocycles. The smallest absolute Gasteiger partial charge is 0.256 e. The van der Waals surface area contributed by atoms with Crippen molar-refractivity contribution in [3.8, 4) is 17.0 Å². The molecule has 1 aromatic heterocycles. The number of nitrogens with zero attached hydrogens (tertiary/aromatic N) is 1. The van der Waals surface area contributed by atoms with Crippen molar-refractivity contribution in [2.45, 2.75) is 0 Å². The summed E-state index contributed by atoms with van der Waals surface area (Å²) in [6.45, 7) is 0. The van der Waals surface area contributed by atoms with Gasteiger partial charge in [-0.3, -0.25) is 4.79 Å². The molecule has 0 fully saturated rings. The quantitative estimate of drug-likeness (QED) is 0.650. The number of carbonyl (C=O) groups is 1. The summed E-state index contributed by atoms with van der Waals surface area (Å²) in [6, 6.07) is 11.1. The molecule has 0 spiro atoms. The minimum Gasteiger partial charge on any atom is -0.497 e. The lowest BCUT2D eigenvalue weighted by Gasteiger charge is -2.06. The number of carbonyl (C=O) groups excluding carboxylic acids is 1. The second kappa shape index (κ2) is 6.48. The number of hydrogen-bond acceptors (Lipinski definition) is 5. The Hall–Kier alpha value is -2.83. The zero-order chi connectivity index (χ0) is 18.3. The number of amides is 1. The summed E-state index contributed by atoms with van der Waals surface area (Å²) in [5.41, 5.74) is 10.1. The van der Waals surface area contributed by atoms with E-state index in [-0.39, 0.29) is 5.91 Å². The Morgan fingerprint density at radius 2 is 2.00 bits per heavy atom. The summed E-state index contributed by atoms with van der Waals surface area (Å²) in [4.78, 5) is 16.7. The van der Waals surface area contributed by atoms with Crippen LogP contribution in [-0.4, -0.2) is 18.0 Å².